The molecule has 2 N–H and O–H groups in total. The molecule has 1 aliphatic rings. The molecule has 1 heterocycles. The molecule has 1 saturated heterocycles. The Kier molecular flexibility index (Phi) is 6.52. The first-order valence-corrected chi connectivity index (χ1v) is 8.68. The van der Waals surface area contributed by atoms with Gasteiger partial charge in [-0.15, -0.1) is 12.4 Å². The Morgan fingerprint density at radius 2 is 2.09 bits per heavy atom. The standard InChI is InChI=1S/C14H21N3O4S.ClH/c1-10-5-6-16(12(7-10)9-15)22(20,21)13-4-3-11(2)14(8-13)17(18)19;/h3-4,8,10,12H,5-7,9,15H2,1-2H3;1H. The second kappa shape index (κ2) is 7.57. The van der Waals surface area contributed by atoms with E-state index in [1.807, 2.05) is 0 Å². The number of aryl methyl sites for hydroxylation is 1. The molecule has 23 heavy (non-hydrogen) atoms. The highest BCUT2D eigenvalue weighted by atomic mass is 35.5. The number of piperidine rings is 1. The quantitative estimate of drug-likeness (QED) is 0.651. The highest BCUT2D eigenvalue weighted by molar-refractivity contribution is 7.89. The van der Waals surface area contributed by atoms with E-state index < -0.39 is 14.9 Å². The van der Waals surface area contributed by atoms with Gasteiger partial charge in [0, 0.05) is 30.8 Å². The van der Waals surface area contributed by atoms with E-state index in [0.29, 0.717) is 24.4 Å². The van der Waals surface area contributed by atoms with Crippen LogP contribution in [0, 0.1) is 23.0 Å². The lowest BCUT2D eigenvalue weighted by atomic mass is 9.94. The first-order valence-electron chi connectivity index (χ1n) is 7.24. The first-order chi connectivity index (χ1) is 10.3. The molecule has 0 saturated carbocycles. The van der Waals surface area contributed by atoms with Gasteiger partial charge in [0.15, 0.2) is 0 Å². The van der Waals surface area contributed by atoms with Crippen molar-refractivity contribution in [1.29, 1.82) is 0 Å². The van der Waals surface area contributed by atoms with Gasteiger partial charge in [0.1, 0.15) is 0 Å². The summed E-state index contributed by atoms with van der Waals surface area (Å²) in [5.74, 6) is 0.423. The maximum atomic E-state index is 12.8. The Morgan fingerprint density at radius 1 is 1.43 bits per heavy atom. The van der Waals surface area contributed by atoms with Gasteiger partial charge < -0.3 is 5.73 Å². The van der Waals surface area contributed by atoms with E-state index in [1.165, 1.54) is 16.4 Å². The van der Waals surface area contributed by atoms with E-state index in [1.54, 1.807) is 6.92 Å². The number of rotatable bonds is 4. The molecule has 2 atom stereocenters. The summed E-state index contributed by atoms with van der Waals surface area (Å²) in [6.07, 6.45) is 1.48. The minimum Gasteiger partial charge on any atom is -0.329 e. The lowest BCUT2D eigenvalue weighted by Gasteiger charge is -2.36. The van der Waals surface area contributed by atoms with Gasteiger partial charge in [0.25, 0.3) is 5.69 Å². The Labute approximate surface area is 142 Å². The van der Waals surface area contributed by atoms with Crippen molar-refractivity contribution in [3.63, 3.8) is 0 Å². The molecule has 0 amide bonds. The van der Waals surface area contributed by atoms with Crippen LogP contribution in [0.1, 0.15) is 25.3 Å². The highest BCUT2D eigenvalue weighted by Crippen LogP contribution is 2.30. The Bertz CT molecular complexity index is 681. The van der Waals surface area contributed by atoms with Crippen LogP contribution < -0.4 is 5.73 Å². The molecule has 130 valence electrons. The molecule has 1 aromatic rings. The van der Waals surface area contributed by atoms with Gasteiger partial charge in [-0.2, -0.15) is 4.31 Å². The topological polar surface area (TPSA) is 107 Å². The zero-order valence-electron chi connectivity index (χ0n) is 13.1. The van der Waals surface area contributed by atoms with Gasteiger partial charge in [0.05, 0.1) is 9.82 Å². The van der Waals surface area contributed by atoms with Crippen LogP contribution in [0.2, 0.25) is 0 Å². The molecule has 0 radical (unpaired) electrons. The number of halogens is 1. The third-order valence-corrected chi connectivity index (χ3v) is 6.13. The van der Waals surface area contributed by atoms with E-state index >= 15 is 0 Å². The summed E-state index contributed by atoms with van der Waals surface area (Å²) in [4.78, 5) is 10.4. The van der Waals surface area contributed by atoms with Crippen LogP contribution in [0.5, 0.6) is 0 Å². The van der Waals surface area contributed by atoms with Crippen molar-refractivity contribution in [2.75, 3.05) is 13.1 Å². The average Bonchev–Trinajstić information content (AvgIpc) is 2.46. The number of nitrogens with zero attached hydrogens (tertiary/aromatic N) is 2. The van der Waals surface area contributed by atoms with E-state index in [2.05, 4.69) is 6.92 Å². The van der Waals surface area contributed by atoms with Crippen LogP contribution in [0.25, 0.3) is 0 Å². The van der Waals surface area contributed by atoms with E-state index in [0.717, 1.165) is 12.5 Å². The van der Waals surface area contributed by atoms with Crippen molar-refractivity contribution in [2.24, 2.45) is 11.7 Å². The van der Waals surface area contributed by atoms with Gasteiger partial charge in [-0.1, -0.05) is 13.0 Å². The number of nitro benzene ring substituents is 1. The van der Waals surface area contributed by atoms with Crippen molar-refractivity contribution in [3.8, 4) is 0 Å². The largest absolute Gasteiger partial charge is 0.329 e. The third-order valence-electron chi connectivity index (χ3n) is 4.18. The lowest BCUT2D eigenvalue weighted by molar-refractivity contribution is -0.385. The molecule has 0 spiro atoms. The van der Waals surface area contributed by atoms with Crippen molar-refractivity contribution < 1.29 is 13.3 Å². The van der Waals surface area contributed by atoms with E-state index in [4.69, 9.17) is 5.73 Å². The van der Waals surface area contributed by atoms with Gasteiger partial charge in [-0.3, -0.25) is 10.1 Å². The first kappa shape index (κ1) is 19.8. The number of nitrogens with two attached hydrogens (primary N) is 1. The molecule has 0 bridgehead atoms. The number of nitro groups is 1. The summed E-state index contributed by atoms with van der Waals surface area (Å²) in [7, 11) is -3.77. The fraction of sp³-hybridized carbons (Fsp3) is 0.571. The van der Waals surface area contributed by atoms with Crippen LogP contribution in [0.15, 0.2) is 23.1 Å². The maximum Gasteiger partial charge on any atom is 0.273 e. The van der Waals surface area contributed by atoms with Crippen molar-refractivity contribution in [2.45, 2.75) is 37.6 Å². The second-order valence-corrected chi connectivity index (χ2v) is 7.73. The summed E-state index contributed by atoms with van der Waals surface area (Å²) in [5.41, 5.74) is 5.97. The van der Waals surface area contributed by atoms with E-state index in [-0.39, 0.29) is 35.6 Å². The lowest BCUT2D eigenvalue weighted by Crippen LogP contribution is -2.49. The normalized spacial score (nSPS) is 22.4. The van der Waals surface area contributed by atoms with Crippen molar-refractivity contribution in [3.05, 3.63) is 33.9 Å². The number of benzene rings is 1. The third kappa shape index (κ3) is 4.00. The van der Waals surface area contributed by atoms with Crippen LogP contribution >= 0.6 is 12.4 Å². The molecular formula is C14H22ClN3O4S. The summed E-state index contributed by atoms with van der Waals surface area (Å²) >= 11 is 0. The molecule has 1 aromatic carbocycles. The number of hydrogen-bond donors (Lipinski definition) is 1. The van der Waals surface area contributed by atoms with Crippen LogP contribution in [0.3, 0.4) is 0 Å². The molecule has 0 aromatic heterocycles. The van der Waals surface area contributed by atoms with Gasteiger partial charge in [0.2, 0.25) is 10.0 Å². The maximum absolute atomic E-state index is 12.8. The zero-order chi connectivity index (χ0) is 16.5. The van der Waals surface area contributed by atoms with Gasteiger partial charge in [-0.05, 0) is 31.7 Å². The minimum atomic E-state index is -3.77. The van der Waals surface area contributed by atoms with Crippen molar-refractivity contribution >= 4 is 28.1 Å². The van der Waals surface area contributed by atoms with Gasteiger partial charge in [-0.25, -0.2) is 8.42 Å². The molecule has 1 fully saturated rings. The van der Waals surface area contributed by atoms with Crippen LogP contribution in [-0.4, -0.2) is 36.8 Å². The number of hydrogen-bond acceptors (Lipinski definition) is 5. The summed E-state index contributed by atoms with van der Waals surface area (Å²) < 4.78 is 27.0. The molecule has 2 rings (SSSR count). The predicted molar refractivity (Wildman–Crippen MR) is 90.2 cm³/mol. The minimum absolute atomic E-state index is 0. The van der Waals surface area contributed by atoms with Crippen molar-refractivity contribution in [1.82, 2.24) is 4.31 Å². The van der Waals surface area contributed by atoms with Crippen LogP contribution in [0.4, 0.5) is 5.69 Å². The molecule has 9 heteroatoms. The SMILES string of the molecule is Cc1ccc(S(=O)(=O)N2CCC(C)CC2CN)cc1[N+](=O)[O-].Cl. The molecule has 1 aliphatic heterocycles. The Balaban J connectivity index is 0.00000264. The van der Waals surface area contributed by atoms with Crippen LogP contribution in [-0.2, 0) is 10.0 Å². The molecule has 2 unspecified atom stereocenters. The second-order valence-electron chi connectivity index (χ2n) is 5.84. The zero-order valence-corrected chi connectivity index (χ0v) is 14.8. The molecule has 0 aliphatic carbocycles. The fourth-order valence-electron chi connectivity index (χ4n) is 2.84. The predicted octanol–water partition coefficient (Wildman–Crippen LogP) is 2.07. The summed E-state index contributed by atoms with van der Waals surface area (Å²) in [6.45, 7) is 4.30. The fourth-order valence-corrected chi connectivity index (χ4v) is 4.52. The van der Waals surface area contributed by atoms with Gasteiger partial charge >= 0.3 is 0 Å². The molecular weight excluding hydrogens is 342 g/mol. The average molecular weight is 364 g/mol. The number of sulfonamides is 1. The summed E-state index contributed by atoms with van der Waals surface area (Å²) in [6, 6.07) is 3.77. The summed E-state index contributed by atoms with van der Waals surface area (Å²) in [5, 5.41) is 11.0. The Hall–Kier alpha value is -1.22. The monoisotopic (exact) mass is 363 g/mol. The molecule has 7 nitrogen and oxygen atoms in total. The Morgan fingerprint density at radius 3 is 2.65 bits per heavy atom. The highest BCUT2D eigenvalue weighted by Gasteiger charge is 2.35. The van der Waals surface area contributed by atoms with E-state index in [9.17, 15) is 18.5 Å². The smallest absolute Gasteiger partial charge is 0.273 e.